The summed E-state index contributed by atoms with van der Waals surface area (Å²) in [4.78, 5) is 0. The number of hydrogen-bond donors (Lipinski definition) is 1. The maximum Gasteiger partial charge on any atom is 0.120 e. The van der Waals surface area contributed by atoms with Crippen molar-refractivity contribution in [2.75, 3.05) is 0 Å². The minimum absolute atomic E-state index is 0.303. The Morgan fingerprint density at radius 2 is 2.18 bits per heavy atom. The Morgan fingerprint density at radius 3 is 2.82 bits per heavy atom. The summed E-state index contributed by atoms with van der Waals surface area (Å²) in [5.41, 5.74) is 2.46. The van der Waals surface area contributed by atoms with E-state index in [1.54, 1.807) is 6.26 Å². The normalized spacial score (nSPS) is 12.6. The van der Waals surface area contributed by atoms with Crippen LogP contribution in [0.25, 0.3) is 0 Å². The third kappa shape index (κ3) is 3.20. The molecule has 0 aliphatic carbocycles. The highest BCUT2D eigenvalue weighted by Crippen LogP contribution is 2.18. The van der Waals surface area contributed by atoms with Crippen LogP contribution in [-0.4, -0.2) is 0 Å². The van der Waals surface area contributed by atoms with Crippen LogP contribution in [0.5, 0.6) is 0 Å². The summed E-state index contributed by atoms with van der Waals surface area (Å²) in [5.74, 6) is 1.01. The molecule has 1 N–H and O–H groups in total. The number of benzene rings is 1. The molecule has 1 aromatic heterocycles. The highest BCUT2D eigenvalue weighted by atomic mass is 79.9. The molecule has 2 rings (SSSR count). The lowest BCUT2D eigenvalue weighted by molar-refractivity contribution is 0.458. The van der Waals surface area contributed by atoms with Crippen molar-refractivity contribution < 1.29 is 4.42 Å². The van der Waals surface area contributed by atoms with Crippen LogP contribution in [0.15, 0.2) is 45.5 Å². The Bertz CT molecular complexity index is 492. The summed E-state index contributed by atoms with van der Waals surface area (Å²) in [5, 5.41) is 3.45. The molecule has 0 fully saturated rings. The first kappa shape index (κ1) is 12.4. The van der Waals surface area contributed by atoms with Crippen LogP contribution in [0, 0.1) is 6.92 Å². The van der Waals surface area contributed by atoms with Crippen LogP contribution in [0.2, 0.25) is 0 Å². The quantitative estimate of drug-likeness (QED) is 0.914. The lowest BCUT2D eigenvalue weighted by Gasteiger charge is -2.13. The average Bonchev–Trinajstić information content (AvgIpc) is 2.72. The molecule has 0 saturated carbocycles. The van der Waals surface area contributed by atoms with Crippen LogP contribution in [0.4, 0.5) is 0 Å². The van der Waals surface area contributed by atoms with Gasteiger partial charge in [0.1, 0.15) is 5.76 Å². The molecule has 0 aliphatic rings. The fourth-order valence-electron chi connectivity index (χ4n) is 1.72. The van der Waals surface area contributed by atoms with Crippen LogP contribution in [-0.2, 0) is 6.54 Å². The zero-order valence-corrected chi connectivity index (χ0v) is 11.6. The summed E-state index contributed by atoms with van der Waals surface area (Å²) in [6.07, 6.45) is 1.73. The minimum atomic E-state index is 0.303. The molecule has 1 atom stereocenters. The first-order valence-electron chi connectivity index (χ1n) is 5.68. The molecular weight excluding hydrogens is 278 g/mol. The number of halogens is 1. The Balaban J connectivity index is 1.98. The molecular formula is C14H16BrNO. The molecule has 0 bridgehead atoms. The highest BCUT2D eigenvalue weighted by Gasteiger charge is 2.07. The first-order chi connectivity index (χ1) is 8.16. The molecule has 0 spiro atoms. The Labute approximate surface area is 110 Å². The summed E-state index contributed by atoms with van der Waals surface area (Å²) in [7, 11) is 0. The second-order valence-electron chi connectivity index (χ2n) is 4.18. The third-order valence-electron chi connectivity index (χ3n) is 2.89. The van der Waals surface area contributed by atoms with Gasteiger partial charge in [-0.2, -0.15) is 0 Å². The molecule has 2 nitrogen and oxygen atoms in total. The smallest absolute Gasteiger partial charge is 0.120 e. The van der Waals surface area contributed by atoms with Crippen molar-refractivity contribution >= 4 is 15.9 Å². The van der Waals surface area contributed by atoms with Gasteiger partial charge in [0.25, 0.3) is 0 Å². The highest BCUT2D eigenvalue weighted by molar-refractivity contribution is 9.10. The predicted molar refractivity (Wildman–Crippen MR) is 72.8 cm³/mol. The Hall–Kier alpha value is -1.06. The molecule has 0 saturated heterocycles. The van der Waals surface area contributed by atoms with Crippen molar-refractivity contribution in [3.8, 4) is 0 Å². The zero-order valence-electron chi connectivity index (χ0n) is 10.0. The molecule has 17 heavy (non-hydrogen) atoms. The van der Waals surface area contributed by atoms with E-state index in [1.165, 1.54) is 11.1 Å². The summed E-state index contributed by atoms with van der Waals surface area (Å²) < 4.78 is 6.51. The van der Waals surface area contributed by atoms with Gasteiger partial charge in [-0.25, -0.2) is 0 Å². The first-order valence-corrected chi connectivity index (χ1v) is 6.48. The van der Waals surface area contributed by atoms with Gasteiger partial charge in [-0.3, -0.25) is 0 Å². The van der Waals surface area contributed by atoms with Crippen molar-refractivity contribution in [3.05, 3.63) is 58.0 Å². The molecule has 1 heterocycles. The van der Waals surface area contributed by atoms with E-state index in [2.05, 4.69) is 53.3 Å². The zero-order chi connectivity index (χ0) is 12.3. The van der Waals surface area contributed by atoms with E-state index in [0.717, 1.165) is 16.8 Å². The molecule has 90 valence electrons. The molecule has 1 unspecified atom stereocenters. The number of hydrogen-bond acceptors (Lipinski definition) is 2. The number of furan rings is 1. The fraction of sp³-hybridized carbons (Fsp3) is 0.286. The predicted octanol–water partition coefficient (Wildman–Crippen LogP) is 4.20. The van der Waals surface area contributed by atoms with Crippen molar-refractivity contribution in [2.24, 2.45) is 0 Å². The van der Waals surface area contributed by atoms with Gasteiger partial charge in [-0.15, -0.1) is 0 Å². The van der Waals surface area contributed by atoms with Gasteiger partial charge in [0.15, 0.2) is 0 Å². The van der Waals surface area contributed by atoms with E-state index in [0.29, 0.717) is 6.04 Å². The lowest BCUT2D eigenvalue weighted by atomic mass is 10.1. The van der Waals surface area contributed by atoms with Gasteiger partial charge < -0.3 is 9.73 Å². The van der Waals surface area contributed by atoms with E-state index in [9.17, 15) is 0 Å². The number of aryl methyl sites for hydroxylation is 1. The van der Waals surface area contributed by atoms with Crippen molar-refractivity contribution in [1.82, 2.24) is 5.32 Å². The molecule has 2 aromatic rings. The van der Waals surface area contributed by atoms with Crippen LogP contribution >= 0.6 is 15.9 Å². The average molecular weight is 294 g/mol. The van der Waals surface area contributed by atoms with E-state index in [1.807, 2.05) is 12.1 Å². The summed E-state index contributed by atoms with van der Waals surface area (Å²) in [6, 6.07) is 10.6. The van der Waals surface area contributed by atoms with Crippen molar-refractivity contribution in [2.45, 2.75) is 26.4 Å². The standard InChI is InChI=1S/C14H16BrNO/c1-10-6-7-17-14(10)9-16-11(2)12-4-3-5-13(15)8-12/h3-8,11,16H,9H2,1-2H3. The maximum atomic E-state index is 5.40. The number of nitrogens with one attached hydrogen (secondary N) is 1. The molecule has 1 aromatic carbocycles. The maximum absolute atomic E-state index is 5.40. The van der Waals surface area contributed by atoms with Gasteiger partial charge in [0, 0.05) is 10.5 Å². The Kier molecular flexibility index (Phi) is 4.02. The van der Waals surface area contributed by atoms with Crippen LogP contribution in [0.1, 0.15) is 29.9 Å². The van der Waals surface area contributed by atoms with Crippen molar-refractivity contribution in [3.63, 3.8) is 0 Å². The lowest BCUT2D eigenvalue weighted by Crippen LogP contribution is -2.18. The molecule has 0 aliphatic heterocycles. The Morgan fingerprint density at radius 1 is 1.35 bits per heavy atom. The molecule has 0 amide bonds. The molecule has 3 heteroatoms. The SMILES string of the molecule is Cc1ccoc1CNC(C)c1cccc(Br)c1. The second-order valence-corrected chi connectivity index (χ2v) is 5.10. The van der Waals surface area contributed by atoms with Gasteiger partial charge >= 0.3 is 0 Å². The second kappa shape index (κ2) is 5.52. The topological polar surface area (TPSA) is 25.2 Å². The number of rotatable bonds is 4. The third-order valence-corrected chi connectivity index (χ3v) is 3.38. The van der Waals surface area contributed by atoms with Gasteiger partial charge in [0.2, 0.25) is 0 Å². The van der Waals surface area contributed by atoms with Crippen LogP contribution < -0.4 is 5.32 Å². The van der Waals surface area contributed by atoms with E-state index in [4.69, 9.17) is 4.42 Å². The van der Waals surface area contributed by atoms with Gasteiger partial charge in [0.05, 0.1) is 12.8 Å². The van der Waals surface area contributed by atoms with Gasteiger partial charge in [-0.05, 0) is 43.2 Å². The summed E-state index contributed by atoms with van der Waals surface area (Å²) >= 11 is 3.49. The largest absolute Gasteiger partial charge is 0.468 e. The van der Waals surface area contributed by atoms with E-state index in [-0.39, 0.29) is 0 Å². The minimum Gasteiger partial charge on any atom is -0.468 e. The van der Waals surface area contributed by atoms with E-state index >= 15 is 0 Å². The van der Waals surface area contributed by atoms with Gasteiger partial charge in [-0.1, -0.05) is 28.1 Å². The van der Waals surface area contributed by atoms with E-state index < -0.39 is 0 Å². The molecule has 0 radical (unpaired) electrons. The van der Waals surface area contributed by atoms with Crippen molar-refractivity contribution in [1.29, 1.82) is 0 Å². The van der Waals surface area contributed by atoms with Crippen LogP contribution in [0.3, 0.4) is 0 Å². The monoisotopic (exact) mass is 293 g/mol. The summed E-state index contributed by atoms with van der Waals surface area (Å²) in [6.45, 7) is 4.97. The fourth-order valence-corrected chi connectivity index (χ4v) is 2.14.